The lowest BCUT2D eigenvalue weighted by Crippen LogP contribution is -2.53. The van der Waals surface area contributed by atoms with Crippen LogP contribution in [0, 0.1) is 5.92 Å². The van der Waals surface area contributed by atoms with Gasteiger partial charge in [0.05, 0.1) is 28.7 Å². The molecule has 1 aromatic carbocycles. The predicted octanol–water partition coefficient (Wildman–Crippen LogP) is 1.95. The smallest absolute Gasteiger partial charge is 0.262 e. The van der Waals surface area contributed by atoms with Crippen LogP contribution < -0.4 is 9.62 Å². The minimum atomic E-state index is -3.65. The summed E-state index contributed by atoms with van der Waals surface area (Å²) in [6, 6.07) is 5.20. The van der Waals surface area contributed by atoms with E-state index in [1.165, 1.54) is 18.9 Å². The van der Waals surface area contributed by atoms with Gasteiger partial charge in [0.1, 0.15) is 0 Å². The normalized spacial score (nSPS) is 25.9. The molecule has 2 saturated carbocycles. The Hall–Kier alpha value is -1.93. The second kappa shape index (κ2) is 5.54. The summed E-state index contributed by atoms with van der Waals surface area (Å²) in [6.07, 6.45) is 4.06. The Balaban J connectivity index is 1.58. The van der Waals surface area contributed by atoms with Crippen molar-refractivity contribution < 1.29 is 13.2 Å². The van der Waals surface area contributed by atoms with Crippen LogP contribution in [0.4, 0.5) is 5.69 Å². The van der Waals surface area contributed by atoms with E-state index in [1.54, 1.807) is 17.0 Å². The maximum Gasteiger partial charge on any atom is 0.262 e. The molecule has 4 aliphatic rings. The molecule has 1 aromatic rings. The van der Waals surface area contributed by atoms with E-state index in [0.717, 1.165) is 18.5 Å². The van der Waals surface area contributed by atoms with Crippen molar-refractivity contribution in [2.45, 2.75) is 56.0 Å². The number of hydrogen-bond acceptors (Lipinski definition) is 5. The second-order valence-electron chi connectivity index (χ2n) is 8.31. The van der Waals surface area contributed by atoms with Crippen molar-refractivity contribution in [3.63, 3.8) is 0 Å². The number of carbonyl (C=O) groups is 1. The number of rotatable bonds is 5. The molecule has 5 rings (SSSR count). The minimum absolute atomic E-state index is 0.154. The molecule has 2 aliphatic carbocycles. The van der Waals surface area contributed by atoms with Gasteiger partial charge in [-0.25, -0.2) is 13.1 Å². The Morgan fingerprint density at radius 3 is 2.67 bits per heavy atom. The standard InChI is InChI=1S/C19H24N4O3S/c1-3-22-17(24)14-10-13(27(25,26)21-19(2)8-9-19)6-7-15(14)23-16(12-4-5-12)11-20-18(22)23/h6-7,10,12,16,21H,3-5,8-9,11H2,1-2H3/t16-/m0/s1. The Morgan fingerprint density at radius 2 is 2.04 bits per heavy atom. The van der Waals surface area contributed by atoms with Gasteiger partial charge in [-0.05, 0) is 63.6 Å². The van der Waals surface area contributed by atoms with E-state index in [-0.39, 0.29) is 22.4 Å². The van der Waals surface area contributed by atoms with Gasteiger partial charge in [-0.1, -0.05) is 0 Å². The van der Waals surface area contributed by atoms with Gasteiger partial charge in [-0.2, -0.15) is 0 Å². The number of benzene rings is 1. The monoisotopic (exact) mass is 388 g/mol. The van der Waals surface area contributed by atoms with Gasteiger partial charge in [0.2, 0.25) is 16.0 Å². The lowest BCUT2D eigenvalue weighted by molar-refractivity contribution is 0.0845. The molecule has 0 unspecified atom stereocenters. The Morgan fingerprint density at radius 1 is 1.30 bits per heavy atom. The zero-order valence-corrected chi connectivity index (χ0v) is 16.4. The number of nitrogens with zero attached hydrogens (tertiary/aromatic N) is 3. The van der Waals surface area contributed by atoms with Gasteiger partial charge < -0.3 is 4.90 Å². The number of aliphatic imine (C=N–C) groups is 1. The highest BCUT2D eigenvalue weighted by atomic mass is 32.2. The number of anilines is 1. The van der Waals surface area contributed by atoms with Crippen LogP contribution in [-0.4, -0.2) is 49.9 Å². The third-order valence-electron chi connectivity index (χ3n) is 6.08. The van der Waals surface area contributed by atoms with Crippen LogP contribution in [0.3, 0.4) is 0 Å². The summed E-state index contributed by atoms with van der Waals surface area (Å²) in [5.41, 5.74) is 0.890. The molecule has 0 bridgehead atoms. The molecular formula is C19H24N4O3S. The third kappa shape index (κ3) is 2.69. The number of sulfonamides is 1. The van der Waals surface area contributed by atoms with Crippen LogP contribution in [0.1, 0.15) is 49.9 Å². The van der Waals surface area contributed by atoms with Crippen LogP contribution in [0.5, 0.6) is 0 Å². The minimum Gasteiger partial charge on any atom is -0.306 e. The van der Waals surface area contributed by atoms with Crippen LogP contribution in [-0.2, 0) is 10.0 Å². The number of guanidine groups is 1. The predicted molar refractivity (Wildman–Crippen MR) is 102 cm³/mol. The third-order valence-corrected chi connectivity index (χ3v) is 7.72. The van der Waals surface area contributed by atoms with Gasteiger partial charge in [0.25, 0.3) is 5.91 Å². The van der Waals surface area contributed by atoms with E-state index < -0.39 is 10.0 Å². The molecule has 0 aromatic heterocycles. The summed E-state index contributed by atoms with van der Waals surface area (Å²) >= 11 is 0. The highest BCUT2D eigenvalue weighted by molar-refractivity contribution is 7.89. The van der Waals surface area contributed by atoms with Crippen molar-refractivity contribution in [1.29, 1.82) is 0 Å². The fraction of sp³-hybridized carbons (Fsp3) is 0.579. The molecule has 8 heteroatoms. The molecule has 0 radical (unpaired) electrons. The number of carbonyl (C=O) groups excluding carboxylic acids is 1. The first kappa shape index (κ1) is 17.2. The van der Waals surface area contributed by atoms with Gasteiger partial charge in [-0.3, -0.25) is 14.7 Å². The molecule has 144 valence electrons. The van der Waals surface area contributed by atoms with Crippen molar-refractivity contribution in [2.75, 3.05) is 18.0 Å². The summed E-state index contributed by atoms with van der Waals surface area (Å²) in [4.78, 5) is 21.7. The SMILES string of the molecule is CCN1C(=O)c2cc(S(=O)(=O)NC3(C)CC3)ccc2N2C1=NC[C@H]2C1CC1. The number of nitrogens with one attached hydrogen (secondary N) is 1. The van der Waals surface area contributed by atoms with Gasteiger partial charge in [0.15, 0.2) is 0 Å². The number of hydrogen-bond donors (Lipinski definition) is 1. The first-order chi connectivity index (χ1) is 12.8. The summed E-state index contributed by atoms with van der Waals surface area (Å²) in [5.74, 6) is 1.14. The molecule has 7 nitrogen and oxygen atoms in total. The molecule has 1 atom stereocenters. The summed E-state index contributed by atoms with van der Waals surface area (Å²) in [6.45, 7) is 5.03. The van der Waals surface area contributed by atoms with Crippen LogP contribution >= 0.6 is 0 Å². The topological polar surface area (TPSA) is 82.1 Å². The van der Waals surface area contributed by atoms with E-state index in [0.29, 0.717) is 30.5 Å². The number of fused-ring (bicyclic) bond motifs is 3. The molecule has 1 amide bonds. The lowest BCUT2D eigenvalue weighted by atomic mass is 10.0. The molecule has 0 spiro atoms. The second-order valence-corrected chi connectivity index (χ2v) is 9.99. The van der Waals surface area contributed by atoms with Gasteiger partial charge in [0, 0.05) is 12.1 Å². The van der Waals surface area contributed by atoms with Crippen molar-refractivity contribution in [1.82, 2.24) is 9.62 Å². The zero-order chi connectivity index (χ0) is 19.0. The molecule has 0 saturated heterocycles. The summed E-state index contributed by atoms with van der Waals surface area (Å²) < 4.78 is 28.3. The number of amides is 1. The Kier molecular flexibility index (Phi) is 3.53. The fourth-order valence-electron chi connectivity index (χ4n) is 4.08. The van der Waals surface area contributed by atoms with Crippen LogP contribution in [0.15, 0.2) is 28.1 Å². The molecule has 2 fully saturated rings. The largest absolute Gasteiger partial charge is 0.306 e. The highest BCUT2D eigenvalue weighted by Gasteiger charge is 2.47. The quantitative estimate of drug-likeness (QED) is 0.836. The highest BCUT2D eigenvalue weighted by Crippen LogP contribution is 2.43. The molecule has 2 aliphatic heterocycles. The summed E-state index contributed by atoms with van der Waals surface area (Å²) in [5, 5.41) is 0. The lowest BCUT2D eigenvalue weighted by Gasteiger charge is -2.38. The zero-order valence-electron chi connectivity index (χ0n) is 15.6. The van der Waals surface area contributed by atoms with Crippen molar-refractivity contribution in [2.24, 2.45) is 10.9 Å². The maximum atomic E-state index is 13.1. The van der Waals surface area contributed by atoms with E-state index in [2.05, 4.69) is 14.6 Å². The summed E-state index contributed by atoms with van der Waals surface area (Å²) in [7, 11) is -3.65. The van der Waals surface area contributed by atoms with E-state index >= 15 is 0 Å². The Bertz CT molecular complexity index is 963. The van der Waals surface area contributed by atoms with Gasteiger partial charge >= 0.3 is 0 Å². The van der Waals surface area contributed by atoms with Crippen LogP contribution in [0.25, 0.3) is 0 Å². The molecule has 2 heterocycles. The van der Waals surface area contributed by atoms with Gasteiger partial charge in [-0.15, -0.1) is 0 Å². The average molecular weight is 388 g/mol. The molecule has 1 N–H and O–H groups in total. The van der Waals surface area contributed by atoms with Crippen molar-refractivity contribution >= 4 is 27.6 Å². The van der Waals surface area contributed by atoms with E-state index in [4.69, 9.17) is 0 Å². The average Bonchev–Trinajstić information content (AvgIpc) is 3.55. The molecule has 27 heavy (non-hydrogen) atoms. The van der Waals surface area contributed by atoms with E-state index in [9.17, 15) is 13.2 Å². The Labute approximate surface area is 159 Å². The fourth-order valence-corrected chi connectivity index (χ4v) is 5.57. The first-order valence-electron chi connectivity index (χ1n) is 9.66. The van der Waals surface area contributed by atoms with Crippen molar-refractivity contribution in [3.8, 4) is 0 Å². The van der Waals surface area contributed by atoms with E-state index in [1.807, 2.05) is 13.8 Å². The molecular weight excluding hydrogens is 364 g/mol. The first-order valence-corrected chi connectivity index (χ1v) is 11.1. The maximum absolute atomic E-state index is 13.1. The van der Waals surface area contributed by atoms with Crippen molar-refractivity contribution in [3.05, 3.63) is 23.8 Å². The van der Waals surface area contributed by atoms with Crippen LogP contribution in [0.2, 0.25) is 0 Å².